The molecule has 0 radical (unpaired) electrons. The Morgan fingerprint density at radius 1 is 1.05 bits per heavy atom. The summed E-state index contributed by atoms with van der Waals surface area (Å²) in [7, 11) is 0. The van der Waals surface area contributed by atoms with Gasteiger partial charge in [-0.05, 0) is 30.2 Å². The van der Waals surface area contributed by atoms with Gasteiger partial charge in [0.1, 0.15) is 0 Å². The van der Waals surface area contributed by atoms with Crippen LogP contribution in [0.2, 0.25) is 5.02 Å². The first-order chi connectivity index (χ1) is 8.79. The summed E-state index contributed by atoms with van der Waals surface area (Å²) in [5.74, 6) is 0. The third kappa shape index (κ3) is 2.84. The number of halogens is 4. The van der Waals surface area contributed by atoms with E-state index in [1.165, 1.54) is 6.07 Å². The maximum atomic E-state index is 12.9. The average Bonchev–Trinajstić information content (AvgIpc) is 2.31. The van der Waals surface area contributed by atoms with E-state index in [1.54, 1.807) is 18.2 Å². The molecule has 0 heterocycles. The fraction of sp³-hybridized carbons (Fsp3) is 0.143. The summed E-state index contributed by atoms with van der Waals surface area (Å²) in [6.45, 7) is 1.87. The third-order valence-electron chi connectivity index (χ3n) is 2.79. The van der Waals surface area contributed by atoms with Gasteiger partial charge in [-0.1, -0.05) is 41.4 Å². The van der Waals surface area contributed by atoms with Gasteiger partial charge in [-0.2, -0.15) is 13.2 Å². The molecule has 0 aliphatic rings. The molecule has 0 atom stereocenters. The molecular formula is C14H11ClF3N. The maximum Gasteiger partial charge on any atom is 0.418 e. The molecule has 0 aliphatic carbocycles. The van der Waals surface area contributed by atoms with E-state index in [0.29, 0.717) is 11.1 Å². The Labute approximate surface area is 113 Å². The highest BCUT2D eigenvalue weighted by Gasteiger charge is 2.34. The minimum Gasteiger partial charge on any atom is -0.397 e. The fourth-order valence-corrected chi connectivity index (χ4v) is 2.06. The van der Waals surface area contributed by atoms with Crippen LogP contribution >= 0.6 is 11.6 Å². The summed E-state index contributed by atoms with van der Waals surface area (Å²) in [6.07, 6.45) is -4.52. The molecule has 0 spiro atoms. The highest BCUT2D eigenvalue weighted by molar-refractivity contribution is 6.33. The van der Waals surface area contributed by atoms with Crippen LogP contribution in [0.15, 0.2) is 36.4 Å². The van der Waals surface area contributed by atoms with Gasteiger partial charge in [0.25, 0.3) is 0 Å². The summed E-state index contributed by atoms with van der Waals surface area (Å²) < 4.78 is 38.6. The summed E-state index contributed by atoms with van der Waals surface area (Å²) >= 11 is 5.79. The number of alkyl halides is 3. The normalized spacial score (nSPS) is 11.6. The Bertz CT molecular complexity index is 621. The molecule has 0 unspecified atom stereocenters. The van der Waals surface area contributed by atoms with Crippen molar-refractivity contribution >= 4 is 17.3 Å². The molecule has 0 saturated heterocycles. The van der Waals surface area contributed by atoms with E-state index in [1.807, 2.05) is 13.0 Å². The summed E-state index contributed by atoms with van der Waals surface area (Å²) in [6, 6.07) is 9.64. The quantitative estimate of drug-likeness (QED) is 0.740. The predicted molar refractivity (Wildman–Crippen MR) is 71.0 cm³/mol. The van der Waals surface area contributed by atoms with E-state index >= 15 is 0 Å². The van der Waals surface area contributed by atoms with Crippen molar-refractivity contribution in [3.05, 3.63) is 52.5 Å². The number of aryl methyl sites for hydroxylation is 1. The third-order valence-corrected chi connectivity index (χ3v) is 3.10. The Kier molecular flexibility index (Phi) is 3.45. The molecule has 2 aromatic carbocycles. The molecule has 0 amide bonds. The molecule has 2 N–H and O–H groups in total. The van der Waals surface area contributed by atoms with Crippen LogP contribution in [0, 0.1) is 6.92 Å². The molecule has 1 nitrogen and oxygen atoms in total. The largest absolute Gasteiger partial charge is 0.418 e. The van der Waals surface area contributed by atoms with Crippen molar-refractivity contribution < 1.29 is 13.2 Å². The van der Waals surface area contributed by atoms with Crippen LogP contribution in [0.3, 0.4) is 0 Å². The minimum atomic E-state index is -4.52. The Balaban J connectivity index is 2.63. The molecule has 0 aliphatic heterocycles. The first-order valence-electron chi connectivity index (χ1n) is 5.52. The lowest BCUT2D eigenvalue weighted by Gasteiger charge is -2.14. The summed E-state index contributed by atoms with van der Waals surface area (Å²) in [4.78, 5) is 0. The van der Waals surface area contributed by atoms with E-state index < -0.39 is 17.4 Å². The number of hydrogen-bond acceptors (Lipinski definition) is 1. The van der Waals surface area contributed by atoms with Crippen LogP contribution in [0.1, 0.15) is 11.1 Å². The van der Waals surface area contributed by atoms with Gasteiger partial charge in [0.05, 0.1) is 16.3 Å². The molecule has 5 heteroatoms. The van der Waals surface area contributed by atoms with Crippen LogP contribution in [-0.4, -0.2) is 0 Å². The van der Waals surface area contributed by atoms with Crippen molar-refractivity contribution in [3.8, 4) is 11.1 Å². The second-order valence-electron chi connectivity index (χ2n) is 4.29. The first-order valence-corrected chi connectivity index (χ1v) is 5.90. The summed E-state index contributed by atoms with van der Waals surface area (Å²) in [5.41, 5.74) is 6.08. The van der Waals surface area contributed by atoms with E-state index in [4.69, 9.17) is 17.3 Å². The molecule has 19 heavy (non-hydrogen) atoms. The van der Waals surface area contributed by atoms with Crippen LogP contribution < -0.4 is 5.73 Å². The zero-order valence-corrected chi connectivity index (χ0v) is 10.8. The average molecular weight is 286 g/mol. The van der Waals surface area contributed by atoms with Gasteiger partial charge in [0.15, 0.2) is 0 Å². The molecule has 2 aromatic rings. The number of hydrogen-bond donors (Lipinski definition) is 1. The van der Waals surface area contributed by atoms with Crippen LogP contribution in [0.4, 0.5) is 18.9 Å². The second-order valence-corrected chi connectivity index (χ2v) is 4.69. The SMILES string of the molecule is Cc1cccc(-c2cc(Cl)c(N)c(C(F)(F)F)c2)c1. The molecule has 0 aromatic heterocycles. The number of anilines is 1. The Hall–Kier alpha value is -1.68. The van der Waals surface area contributed by atoms with E-state index in [-0.39, 0.29) is 5.02 Å². The van der Waals surface area contributed by atoms with Gasteiger partial charge in [0, 0.05) is 0 Å². The van der Waals surface area contributed by atoms with Crippen LogP contribution in [0.5, 0.6) is 0 Å². The monoisotopic (exact) mass is 285 g/mol. The van der Waals surface area contributed by atoms with Gasteiger partial charge < -0.3 is 5.73 Å². The molecule has 2 rings (SSSR count). The van der Waals surface area contributed by atoms with Crippen LogP contribution in [-0.2, 0) is 6.18 Å². The highest BCUT2D eigenvalue weighted by Crippen LogP contribution is 2.40. The molecular weight excluding hydrogens is 275 g/mol. The molecule has 0 bridgehead atoms. The zero-order chi connectivity index (χ0) is 14.2. The molecule has 0 fully saturated rings. The predicted octanol–water partition coefficient (Wildman–Crippen LogP) is 4.92. The number of nitrogens with two attached hydrogens (primary N) is 1. The van der Waals surface area contributed by atoms with Gasteiger partial charge in [0.2, 0.25) is 0 Å². The van der Waals surface area contributed by atoms with Crippen molar-refractivity contribution in [1.82, 2.24) is 0 Å². The van der Waals surface area contributed by atoms with Gasteiger partial charge in [-0.3, -0.25) is 0 Å². The second kappa shape index (κ2) is 4.78. The van der Waals surface area contributed by atoms with Crippen molar-refractivity contribution in [2.45, 2.75) is 13.1 Å². The van der Waals surface area contributed by atoms with E-state index in [2.05, 4.69) is 0 Å². The molecule has 0 saturated carbocycles. The fourth-order valence-electron chi connectivity index (χ4n) is 1.84. The highest BCUT2D eigenvalue weighted by atomic mass is 35.5. The van der Waals surface area contributed by atoms with Crippen molar-refractivity contribution in [2.24, 2.45) is 0 Å². The number of nitrogen functional groups attached to an aromatic ring is 1. The first kappa shape index (κ1) is 13.7. The Morgan fingerprint density at radius 3 is 2.32 bits per heavy atom. The maximum absolute atomic E-state index is 12.9. The zero-order valence-electron chi connectivity index (χ0n) is 10.1. The van der Waals surface area contributed by atoms with Gasteiger partial charge >= 0.3 is 6.18 Å². The summed E-state index contributed by atoms with van der Waals surface area (Å²) in [5, 5.41) is -0.0914. The lowest BCUT2D eigenvalue weighted by atomic mass is 10.00. The molecule has 100 valence electrons. The van der Waals surface area contributed by atoms with Gasteiger partial charge in [-0.15, -0.1) is 0 Å². The Morgan fingerprint density at radius 2 is 1.74 bits per heavy atom. The van der Waals surface area contributed by atoms with Crippen molar-refractivity contribution in [1.29, 1.82) is 0 Å². The van der Waals surface area contributed by atoms with Crippen molar-refractivity contribution in [2.75, 3.05) is 5.73 Å². The van der Waals surface area contributed by atoms with Crippen LogP contribution in [0.25, 0.3) is 11.1 Å². The topological polar surface area (TPSA) is 26.0 Å². The number of rotatable bonds is 1. The number of benzene rings is 2. The van der Waals surface area contributed by atoms with E-state index in [0.717, 1.165) is 11.6 Å². The standard InChI is InChI=1S/C14H11ClF3N/c1-8-3-2-4-9(5-8)10-6-11(14(16,17)18)13(19)12(15)7-10/h2-7H,19H2,1H3. The van der Waals surface area contributed by atoms with E-state index in [9.17, 15) is 13.2 Å². The smallest absolute Gasteiger partial charge is 0.397 e. The van der Waals surface area contributed by atoms with Gasteiger partial charge in [-0.25, -0.2) is 0 Å². The lowest BCUT2D eigenvalue weighted by Crippen LogP contribution is -2.09. The van der Waals surface area contributed by atoms with Crippen molar-refractivity contribution in [3.63, 3.8) is 0 Å². The lowest BCUT2D eigenvalue weighted by molar-refractivity contribution is -0.136. The minimum absolute atomic E-state index is 0.0914.